The van der Waals surface area contributed by atoms with Gasteiger partial charge in [0.2, 0.25) is 0 Å². The third kappa shape index (κ3) is 4.02. The second-order valence-electron chi connectivity index (χ2n) is 1.83. The summed E-state index contributed by atoms with van der Waals surface area (Å²) in [5.41, 5.74) is 0. The maximum Gasteiger partial charge on any atom is 0.146 e. The maximum atomic E-state index is 5.13. The van der Waals surface area contributed by atoms with E-state index in [1.165, 1.54) is 12.8 Å². The normalized spacial score (nSPS) is 14.6. The van der Waals surface area contributed by atoms with Gasteiger partial charge in [0, 0.05) is 6.10 Å². The first kappa shape index (κ1) is 7.18. The molecule has 44 valence electrons. The minimum Gasteiger partial charge on any atom is -0.425 e. The largest absolute Gasteiger partial charge is 0.425 e. The van der Waals surface area contributed by atoms with Crippen molar-refractivity contribution in [2.75, 3.05) is 0 Å². The third-order valence-corrected chi connectivity index (χ3v) is 1.90. The molecule has 0 amide bonds. The Morgan fingerprint density at radius 1 is 1.71 bits per heavy atom. The smallest absolute Gasteiger partial charge is 0.146 e. The van der Waals surface area contributed by atoms with Gasteiger partial charge in [-0.05, 0) is 13.3 Å². The fourth-order valence-electron chi connectivity index (χ4n) is 0.524. The Morgan fingerprint density at radius 2 is 2.29 bits per heavy atom. The van der Waals surface area contributed by atoms with Crippen LogP contribution < -0.4 is 0 Å². The van der Waals surface area contributed by atoms with Gasteiger partial charge in [-0.25, -0.2) is 0 Å². The predicted molar refractivity (Wildman–Crippen MR) is 35.4 cm³/mol. The van der Waals surface area contributed by atoms with E-state index < -0.39 is 0 Å². The van der Waals surface area contributed by atoms with E-state index in [-0.39, 0.29) is 0 Å². The van der Waals surface area contributed by atoms with E-state index in [9.17, 15) is 0 Å². The Kier molecular flexibility index (Phi) is 4.45. The van der Waals surface area contributed by atoms with Crippen molar-refractivity contribution < 1.29 is 4.43 Å². The van der Waals surface area contributed by atoms with E-state index in [4.69, 9.17) is 4.43 Å². The summed E-state index contributed by atoms with van der Waals surface area (Å²) < 4.78 is 5.13. The van der Waals surface area contributed by atoms with Crippen molar-refractivity contribution in [2.24, 2.45) is 0 Å². The molecule has 0 saturated carbocycles. The van der Waals surface area contributed by atoms with Gasteiger partial charge in [-0.2, -0.15) is 0 Å². The molecule has 0 fully saturated rings. The monoisotopic (exact) mass is 118 g/mol. The second-order valence-corrected chi connectivity index (χ2v) is 2.31. The molecule has 0 aromatic carbocycles. The van der Waals surface area contributed by atoms with Crippen LogP contribution in [0.3, 0.4) is 0 Å². The molecule has 0 aliphatic heterocycles. The Bertz CT molecular complexity index is 39.1. The molecule has 0 radical (unpaired) electrons. The SMILES string of the molecule is CCCC(C)O[SiH3]. The van der Waals surface area contributed by atoms with Gasteiger partial charge in [0.25, 0.3) is 0 Å². The molecule has 0 spiro atoms. The summed E-state index contributed by atoms with van der Waals surface area (Å²) >= 11 is 0. The van der Waals surface area contributed by atoms with Crippen LogP contribution >= 0.6 is 0 Å². The van der Waals surface area contributed by atoms with Crippen molar-refractivity contribution >= 4 is 10.5 Å². The molecule has 0 aromatic rings. The Balaban J connectivity index is 2.83. The topological polar surface area (TPSA) is 9.23 Å². The van der Waals surface area contributed by atoms with Gasteiger partial charge >= 0.3 is 0 Å². The zero-order valence-electron chi connectivity index (χ0n) is 5.40. The van der Waals surface area contributed by atoms with Crippen LogP contribution in [0.25, 0.3) is 0 Å². The van der Waals surface area contributed by atoms with Crippen LogP contribution in [0.5, 0.6) is 0 Å². The molecule has 7 heavy (non-hydrogen) atoms. The third-order valence-electron chi connectivity index (χ3n) is 1.10. The van der Waals surface area contributed by atoms with Crippen molar-refractivity contribution in [1.29, 1.82) is 0 Å². The summed E-state index contributed by atoms with van der Waals surface area (Å²) in [7, 11) is 0.887. The van der Waals surface area contributed by atoms with Crippen LogP contribution in [0.2, 0.25) is 0 Å². The van der Waals surface area contributed by atoms with Crippen molar-refractivity contribution in [2.45, 2.75) is 32.8 Å². The Labute approximate surface area is 48.6 Å². The molecule has 1 nitrogen and oxygen atoms in total. The van der Waals surface area contributed by atoms with Gasteiger partial charge in [-0.1, -0.05) is 13.3 Å². The van der Waals surface area contributed by atoms with Gasteiger partial charge in [0.15, 0.2) is 0 Å². The molecule has 0 heterocycles. The van der Waals surface area contributed by atoms with Crippen molar-refractivity contribution in [3.8, 4) is 0 Å². The molecule has 0 aliphatic rings. The van der Waals surface area contributed by atoms with Gasteiger partial charge in [-0.3, -0.25) is 0 Å². The van der Waals surface area contributed by atoms with Crippen LogP contribution in [0, 0.1) is 0 Å². The molecule has 0 rings (SSSR count). The summed E-state index contributed by atoms with van der Waals surface area (Å²) in [6.07, 6.45) is 2.96. The van der Waals surface area contributed by atoms with Crippen LogP contribution in [0.1, 0.15) is 26.7 Å². The van der Waals surface area contributed by atoms with Crippen LogP contribution in [0.4, 0.5) is 0 Å². The molecule has 1 atom stereocenters. The quantitative estimate of drug-likeness (QED) is 0.490. The second kappa shape index (κ2) is 4.34. The summed E-state index contributed by atoms with van der Waals surface area (Å²) in [5, 5.41) is 0. The van der Waals surface area contributed by atoms with Crippen LogP contribution in [-0.4, -0.2) is 16.6 Å². The Morgan fingerprint density at radius 3 is 2.43 bits per heavy atom. The van der Waals surface area contributed by atoms with Crippen LogP contribution in [-0.2, 0) is 4.43 Å². The first-order valence-corrected chi connectivity index (χ1v) is 3.65. The highest BCUT2D eigenvalue weighted by Gasteiger charge is 1.92. The highest BCUT2D eigenvalue weighted by Crippen LogP contribution is 1.96. The standard InChI is InChI=1S/C5H14OSi/c1-3-4-5(2)6-7/h5H,3-4H2,1-2,7H3. The summed E-state index contributed by atoms with van der Waals surface area (Å²) in [4.78, 5) is 0. The van der Waals surface area contributed by atoms with E-state index in [1.807, 2.05) is 0 Å². The highest BCUT2D eigenvalue weighted by atomic mass is 28.2. The van der Waals surface area contributed by atoms with Crippen molar-refractivity contribution in [1.82, 2.24) is 0 Å². The molecule has 0 aliphatic carbocycles. The number of hydrogen-bond acceptors (Lipinski definition) is 1. The summed E-state index contributed by atoms with van der Waals surface area (Å²) in [6, 6.07) is 0. The molecular weight excluding hydrogens is 104 g/mol. The molecule has 0 bridgehead atoms. The zero-order valence-corrected chi connectivity index (χ0v) is 7.40. The van der Waals surface area contributed by atoms with Gasteiger partial charge in [0.1, 0.15) is 10.5 Å². The summed E-state index contributed by atoms with van der Waals surface area (Å²) in [6.45, 7) is 4.30. The van der Waals surface area contributed by atoms with Gasteiger partial charge in [-0.15, -0.1) is 0 Å². The lowest BCUT2D eigenvalue weighted by Crippen LogP contribution is -2.03. The number of rotatable bonds is 3. The molecular formula is C5H14OSi. The average Bonchev–Trinajstić information content (AvgIpc) is 1.68. The predicted octanol–water partition coefficient (Wildman–Crippen LogP) is 0.472. The molecule has 0 N–H and O–H groups in total. The minimum atomic E-state index is 0.511. The molecule has 0 aromatic heterocycles. The van der Waals surface area contributed by atoms with Crippen molar-refractivity contribution in [3.63, 3.8) is 0 Å². The minimum absolute atomic E-state index is 0.511. The van der Waals surface area contributed by atoms with E-state index in [2.05, 4.69) is 13.8 Å². The lowest BCUT2D eigenvalue weighted by molar-refractivity contribution is 0.230. The zero-order chi connectivity index (χ0) is 5.70. The van der Waals surface area contributed by atoms with Gasteiger partial charge < -0.3 is 4.43 Å². The maximum absolute atomic E-state index is 5.13. The molecule has 1 unspecified atom stereocenters. The summed E-state index contributed by atoms with van der Waals surface area (Å²) in [5.74, 6) is 0. The first-order chi connectivity index (χ1) is 3.31. The van der Waals surface area contributed by atoms with Crippen LogP contribution in [0.15, 0.2) is 0 Å². The van der Waals surface area contributed by atoms with E-state index >= 15 is 0 Å². The molecule has 0 saturated heterocycles. The van der Waals surface area contributed by atoms with E-state index in [0.717, 1.165) is 10.5 Å². The van der Waals surface area contributed by atoms with Crippen molar-refractivity contribution in [3.05, 3.63) is 0 Å². The Hall–Kier alpha value is 0.177. The molecule has 2 heteroatoms. The number of hydrogen-bond donors (Lipinski definition) is 0. The fraction of sp³-hybridized carbons (Fsp3) is 1.00. The van der Waals surface area contributed by atoms with Gasteiger partial charge in [0.05, 0.1) is 0 Å². The lowest BCUT2D eigenvalue weighted by atomic mass is 10.2. The van der Waals surface area contributed by atoms with E-state index in [0.29, 0.717) is 6.10 Å². The lowest BCUT2D eigenvalue weighted by Gasteiger charge is -2.05. The average molecular weight is 118 g/mol. The first-order valence-electron chi connectivity index (χ1n) is 2.84. The highest BCUT2D eigenvalue weighted by molar-refractivity contribution is 5.98. The van der Waals surface area contributed by atoms with E-state index in [1.54, 1.807) is 0 Å². The fourth-order valence-corrected chi connectivity index (χ4v) is 0.760.